The van der Waals surface area contributed by atoms with E-state index >= 15 is 0 Å². The summed E-state index contributed by atoms with van der Waals surface area (Å²) in [5.41, 5.74) is 3.71. The molecule has 0 saturated carbocycles. The molecular formula is C21H25N3O2S. The molecule has 6 heteroatoms. The van der Waals surface area contributed by atoms with E-state index < -0.39 is 0 Å². The number of nitrogens with one attached hydrogen (secondary N) is 2. The van der Waals surface area contributed by atoms with E-state index in [0.29, 0.717) is 23.8 Å². The molecule has 1 heterocycles. The summed E-state index contributed by atoms with van der Waals surface area (Å²) in [5.74, 6) is -0.335. The Bertz CT molecular complexity index is 786. The van der Waals surface area contributed by atoms with Crippen molar-refractivity contribution in [1.82, 2.24) is 5.32 Å². The van der Waals surface area contributed by atoms with Crippen LogP contribution in [0.3, 0.4) is 0 Å². The average molecular weight is 384 g/mol. The van der Waals surface area contributed by atoms with E-state index in [0.717, 1.165) is 18.8 Å². The molecule has 5 nitrogen and oxygen atoms in total. The van der Waals surface area contributed by atoms with Gasteiger partial charge in [-0.15, -0.1) is 0 Å². The van der Waals surface area contributed by atoms with Gasteiger partial charge in [0.2, 0.25) is 0 Å². The van der Waals surface area contributed by atoms with Crippen LogP contribution in [0, 0.1) is 0 Å². The van der Waals surface area contributed by atoms with Crippen molar-refractivity contribution >= 4 is 34.7 Å². The second-order valence-electron chi connectivity index (χ2n) is 6.47. The van der Waals surface area contributed by atoms with Gasteiger partial charge < -0.3 is 20.3 Å². The normalized spacial score (nSPS) is 13.3. The van der Waals surface area contributed by atoms with Gasteiger partial charge in [0.25, 0.3) is 0 Å². The maximum Gasteiger partial charge on any atom is 0.338 e. The zero-order valence-corrected chi connectivity index (χ0v) is 16.3. The molecule has 1 saturated heterocycles. The smallest absolute Gasteiger partial charge is 0.338 e. The monoisotopic (exact) mass is 383 g/mol. The first-order valence-corrected chi connectivity index (χ1v) is 9.72. The van der Waals surface area contributed by atoms with Crippen LogP contribution in [-0.2, 0) is 11.3 Å². The Hall–Kier alpha value is -2.60. The van der Waals surface area contributed by atoms with Gasteiger partial charge in [0.15, 0.2) is 5.11 Å². The summed E-state index contributed by atoms with van der Waals surface area (Å²) in [7, 11) is 0. The fourth-order valence-corrected chi connectivity index (χ4v) is 3.29. The summed E-state index contributed by atoms with van der Waals surface area (Å²) in [5, 5.41) is 6.82. The van der Waals surface area contributed by atoms with Gasteiger partial charge in [0.05, 0.1) is 12.2 Å². The number of hydrogen-bond donors (Lipinski definition) is 2. The molecule has 2 N–H and O–H groups in total. The van der Waals surface area contributed by atoms with Gasteiger partial charge in [-0.25, -0.2) is 4.79 Å². The SMILES string of the molecule is CCOC(=O)c1cccc(NC(=S)NCc2ccc(N3CCCC3)cc2)c1. The van der Waals surface area contributed by atoms with Crippen molar-refractivity contribution in [2.24, 2.45) is 0 Å². The van der Waals surface area contributed by atoms with Crippen LogP contribution < -0.4 is 15.5 Å². The van der Waals surface area contributed by atoms with Crippen molar-refractivity contribution in [3.05, 3.63) is 59.7 Å². The second-order valence-corrected chi connectivity index (χ2v) is 6.88. The third-order valence-electron chi connectivity index (χ3n) is 4.49. The Morgan fingerprint density at radius 1 is 1.15 bits per heavy atom. The van der Waals surface area contributed by atoms with Crippen LogP contribution in [0.2, 0.25) is 0 Å². The van der Waals surface area contributed by atoms with Gasteiger partial charge in [0, 0.05) is 31.0 Å². The molecule has 2 aromatic carbocycles. The summed E-state index contributed by atoms with van der Waals surface area (Å²) in [6, 6.07) is 15.7. The highest BCUT2D eigenvalue weighted by atomic mass is 32.1. The Balaban J connectivity index is 1.51. The van der Waals surface area contributed by atoms with Crippen molar-refractivity contribution in [2.75, 3.05) is 29.9 Å². The highest BCUT2D eigenvalue weighted by Gasteiger charge is 2.12. The third-order valence-corrected chi connectivity index (χ3v) is 4.74. The Labute approximate surface area is 165 Å². The summed E-state index contributed by atoms with van der Waals surface area (Å²) >= 11 is 5.36. The van der Waals surface area contributed by atoms with E-state index in [-0.39, 0.29) is 5.97 Å². The number of nitrogens with zero attached hydrogens (tertiary/aromatic N) is 1. The van der Waals surface area contributed by atoms with Crippen LogP contribution in [0.5, 0.6) is 0 Å². The van der Waals surface area contributed by atoms with Gasteiger partial charge in [0.1, 0.15) is 0 Å². The van der Waals surface area contributed by atoms with Crippen LogP contribution in [0.15, 0.2) is 48.5 Å². The van der Waals surface area contributed by atoms with E-state index in [1.54, 1.807) is 25.1 Å². The summed E-state index contributed by atoms with van der Waals surface area (Å²) in [4.78, 5) is 14.2. The fraction of sp³-hybridized carbons (Fsp3) is 0.333. The zero-order chi connectivity index (χ0) is 19.1. The molecule has 3 rings (SSSR count). The lowest BCUT2D eigenvalue weighted by Gasteiger charge is -2.18. The van der Waals surface area contributed by atoms with E-state index in [1.165, 1.54) is 24.1 Å². The maximum atomic E-state index is 11.8. The third kappa shape index (κ3) is 5.44. The number of carbonyl (C=O) groups is 1. The van der Waals surface area contributed by atoms with Crippen LogP contribution in [0.1, 0.15) is 35.7 Å². The lowest BCUT2D eigenvalue weighted by molar-refractivity contribution is 0.0526. The van der Waals surface area contributed by atoms with Gasteiger partial charge >= 0.3 is 5.97 Å². The zero-order valence-electron chi connectivity index (χ0n) is 15.5. The predicted octanol–water partition coefficient (Wildman–Crippen LogP) is 3.95. The van der Waals surface area contributed by atoms with Crippen molar-refractivity contribution < 1.29 is 9.53 Å². The van der Waals surface area contributed by atoms with Gasteiger partial charge in [-0.05, 0) is 67.9 Å². The summed E-state index contributed by atoms with van der Waals surface area (Å²) < 4.78 is 5.02. The standard InChI is InChI=1S/C21H25N3O2S/c1-2-26-20(25)17-6-5-7-18(14-17)23-21(27)22-15-16-8-10-19(11-9-16)24-12-3-4-13-24/h5-11,14H,2-4,12-13,15H2,1H3,(H2,22,23,27). The molecule has 0 amide bonds. The molecule has 0 atom stereocenters. The minimum Gasteiger partial charge on any atom is -0.462 e. The van der Waals surface area contributed by atoms with Gasteiger partial charge in [-0.1, -0.05) is 18.2 Å². The van der Waals surface area contributed by atoms with Crippen LogP contribution >= 0.6 is 12.2 Å². The van der Waals surface area contributed by atoms with Crippen LogP contribution in [0.25, 0.3) is 0 Å². The summed E-state index contributed by atoms with van der Waals surface area (Å²) in [6.45, 7) is 5.08. The molecule has 0 aliphatic carbocycles. The topological polar surface area (TPSA) is 53.6 Å². The van der Waals surface area contributed by atoms with Crippen molar-refractivity contribution in [3.8, 4) is 0 Å². The lowest BCUT2D eigenvalue weighted by Crippen LogP contribution is -2.28. The number of carbonyl (C=O) groups excluding carboxylic acids is 1. The molecule has 0 bridgehead atoms. The quantitative estimate of drug-likeness (QED) is 0.582. The Kier molecular flexibility index (Phi) is 6.65. The Morgan fingerprint density at radius 3 is 2.59 bits per heavy atom. The summed E-state index contributed by atoms with van der Waals surface area (Å²) in [6.07, 6.45) is 2.56. The number of benzene rings is 2. The van der Waals surface area contributed by atoms with Crippen LogP contribution in [-0.4, -0.2) is 30.8 Å². The lowest BCUT2D eigenvalue weighted by atomic mass is 10.2. The molecular weight excluding hydrogens is 358 g/mol. The minimum absolute atomic E-state index is 0.335. The fourth-order valence-electron chi connectivity index (χ4n) is 3.10. The highest BCUT2D eigenvalue weighted by Crippen LogP contribution is 2.20. The first-order valence-electron chi connectivity index (χ1n) is 9.31. The van der Waals surface area contributed by atoms with Crippen molar-refractivity contribution in [3.63, 3.8) is 0 Å². The van der Waals surface area contributed by atoms with Gasteiger partial charge in [-0.3, -0.25) is 0 Å². The van der Waals surface area contributed by atoms with E-state index in [4.69, 9.17) is 17.0 Å². The molecule has 27 heavy (non-hydrogen) atoms. The minimum atomic E-state index is -0.335. The molecule has 1 fully saturated rings. The molecule has 0 unspecified atom stereocenters. The van der Waals surface area contributed by atoms with E-state index in [2.05, 4.69) is 39.8 Å². The molecule has 0 radical (unpaired) electrons. The first kappa shape index (κ1) is 19.2. The number of esters is 1. The number of hydrogen-bond acceptors (Lipinski definition) is 4. The van der Waals surface area contributed by atoms with E-state index in [9.17, 15) is 4.79 Å². The molecule has 2 aromatic rings. The van der Waals surface area contributed by atoms with E-state index in [1.807, 2.05) is 6.07 Å². The number of ether oxygens (including phenoxy) is 1. The number of rotatable bonds is 6. The number of anilines is 2. The maximum absolute atomic E-state index is 11.8. The largest absolute Gasteiger partial charge is 0.462 e. The predicted molar refractivity (Wildman–Crippen MR) is 113 cm³/mol. The van der Waals surface area contributed by atoms with Crippen LogP contribution in [0.4, 0.5) is 11.4 Å². The Morgan fingerprint density at radius 2 is 1.89 bits per heavy atom. The highest BCUT2D eigenvalue weighted by molar-refractivity contribution is 7.80. The molecule has 1 aliphatic heterocycles. The molecule has 0 aromatic heterocycles. The molecule has 1 aliphatic rings. The average Bonchev–Trinajstić information content (AvgIpc) is 3.22. The first-order chi connectivity index (χ1) is 13.2. The van der Waals surface area contributed by atoms with Gasteiger partial charge in [-0.2, -0.15) is 0 Å². The van der Waals surface area contributed by atoms with Crippen molar-refractivity contribution in [1.29, 1.82) is 0 Å². The van der Waals surface area contributed by atoms with Crippen molar-refractivity contribution in [2.45, 2.75) is 26.3 Å². The number of thiocarbonyl (C=S) groups is 1. The second kappa shape index (κ2) is 9.37. The molecule has 142 valence electrons. The molecule has 0 spiro atoms.